The molecule has 1 aliphatic heterocycles. The van der Waals surface area contributed by atoms with Gasteiger partial charge in [-0.3, -0.25) is 9.69 Å². The summed E-state index contributed by atoms with van der Waals surface area (Å²) in [6.07, 6.45) is 7.17. The van der Waals surface area contributed by atoms with E-state index in [0.29, 0.717) is 42.3 Å². The zero-order chi connectivity index (χ0) is 26.1. The molecular formula is C29H23Cl2N3O2S2. The van der Waals surface area contributed by atoms with Gasteiger partial charge in [0.1, 0.15) is 11.5 Å². The van der Waals surface area contributed by atoms with Crippen LogP contribution in [0, 0.1) is 0 Å². The Morgan fingerprint density at radius 3 is 2.66 bits per heavy atom. The number of carbonyl (C=O) groups excluding carboxylic acids is 1. The average Bonchev–Trinajstić information content (AvgIpc) is 3.67. The molecule has 0 N–H and O–H groups in total. The van der Waals surface area contributed by atoms with Gasteiger partial charge in [-0.1, -0.05) is 72.8 Å². The number of halogens is 2. The SMILES string of the molecule is O=C1/C(=C\c2ccc(-c3cc(Cl)ccc3Cl)o2)S/C(=N/c2nc(-c3ccccc3)cs2)N1C1CCCCC1. The second-order valence-corrected chi connectivity index (χ2v) is 11.9. The number of amides is 1. The third kappa shape index (κ3) is 5.34. The molecule has 0 radical (unpaired) electrons. The molecule has 0 atom stereocenters. The Balaban J connectivity index is 1.32. The highest BCUT2D eigenvalue weighted by atomic mass is 35.5. The molecule has 0 spiro atoms. The molecule has 0 unspecified atom stereocenters. The molecule has 2 aromatic heterocycles. The van der Waals surface area contributed by atoms with Crippen molar-refractivity contribution in [1.29, 1.82) is 0 Å². The molecule has 2 aromatic carbocycles. The van der Waals surface area contributed by atoms with E-state index in [2.05, 4.69) is 0 Å². The van der Waals surface area contributed by atoms with Crippen molar-refractivity contribution in [3.63, 3.8) is 0 Å². The van der Waals surface area contributed by atoms with Gasteiger partial charge in [-0.25, -0.2) is 4.98 Å². The number of hydrogen-bond acceptors (Lipinski definition) is 6. The van der Waals surface area contributed by atoms with Crippen LogP contribution in [0.4, 0.5) is 5.13 Å². The lowest BCUT2D eigenvalue weighted by molar-refractivity contribution is -0.124. The minimum atomic E-state index is -0.0424. The highest BCUT2D eigenvalue weighted by molar-refractivity contribution is 8.18. The molecular weight excluding hydrogens is 557 g/mol. The van der Waals surface area contributed by atoms with Crippen molar-refractivity contribution in [1.82, 2.24) is 9.88 Å². The van der Waals surface area contributed by atoms with Crippen molar-refractivity contribution in [3.8, 4) is 22.6 Å². The molecule has 9 heteroatoms. The van der Waals surface area contributed by atoms with Crippen molar-refractivity contribution < 1.29 is 9.21 Å². The molecule has 1 saturated carbocycles. The molecule has 192 valence electrons. The van der Waals surface area contributed by atoms with Crippen molar-refractivity contribution >= 4 is 68.6 Å². The maximum atomic E-state index is 13.7. The summed E-state index contributed by atoms with van der Waals surface area (Å²) in [6.45, 7) is 0. The lowest BCUT2D eigenvalue weighted by Crippen LogP contribution is -2.40. The fourth-order valence-electron chi connectivity index (χ4n) is 4.76. The van der Waals surface area contributed by atoms with Crippen molar-refractivity contribution in [2.45, 2.75) is 38.1 Å². The number of thiazole rings is 1. The Bertz CT molecular complexity index is 1540. The molecule has 0 bridgehead atoms. The van der Waals surface area contributed by atoms with Gasteiger partial charge in [0.15, 0.2) is 5.17 Å². The molecule has 1 aliphatic carbocycles. The topological polar surface area (TPSA) is 58.7 Å². The molecule has 4 aromatic rings. The first kappa shape index (κ1) is 25.4. The van der Waals surface area contributed by atoms with E-state index in [9.17, 15) is 4.79 Å². The minimum Gasteiger partial charge on any atom is -0.457 e. The highest BCUT2D eigenvalue weighted by Crippen LogP contribution is 2.40. The number of amidine groups is 1. The normalized spacial score (nSPS) is 18.7. The molecule has 2 aliphatic rings. The number of nitrogens with zero attached hydrogens (tertiary/aromatic N) is 3. The van der Waals surface area contributed by atoms with Gasteiger partial charge in [0.2, 0.25) is 5.13 Å². The lowest BCUT2D eigenvalue weighted by Gasteiger charge is -2.30. The maximum absolute atomic E-state index is 13.7. The first-order valence-electron chi connectivity index (χ1n) is 12.4. The standard InChI is InChI=1S/C29H23Cl2N3O2S2/c30-19-11-13-23(31)22(15-19)25-14-12-21(36-25)16-26-27(35)34(20-9-5-2-6-10-20)29(38-26)33-28-32-24(17-37-28)18-7-3-1-4-8-18/h1,3-4,7-8,11-17,20H,2,5-6,9-10H2/b26-16+,33-29+. The number of benzene rings is 2. The van der Waals surface area contributed by atoms with Gasteiger partial charge in [-0.2, -0.15) is 4.99 Å². The van der Waals surface area contributed by atoms with Crippen molar-refractivity contribution in [2.24, 2.45) is 4.99 Å². The quantitative estimate of drug-likeness (QED) is 0.221. The molecule has 3 heterocycles. The van der Waals surface area contributed by atoms with Crippen LogP contribution in [0.3, 0.4) is 0 Å². The zero-order valence-corrected chi connectivity index (χ0v) is 23.4. The summed E-state index contributed by atoms with van der Waals surface area (Å²) in [7, 11) is 0. The summed E-state index contributed by atoms with van der Waals surface area (Å²) in [6, 6.07) is 19.1. The lowest BCUT2D eigenvalue weighted by atomic mass is 9.94. The van der Waals surface area contributed by atoms with Crippen LogP contribution in [0.25, 0.3) is 28.7 Å². The monoisotopic (exact) mass is 579 g/mol. The summed E-state index contributed by atoms with van der Waals surface area (Å²) in [5, 5.41) is 4.43. The Morgan fingerprint density at radius 2 is 1.84 bits per heavy atom. The van der Waals surface area contributed by atoms with Crippen LogP contribution in [-0.2, 0) is 4.79 Å². The predicted octanol–water partition coefficient (Wildman–Crippen LogP) is 9.31. The van der Waals surface area contributed by atoms with Gasteiger partial charge in [0.05, 0.1) is 15.6 Å². The number of aliphatic imine (C=N–C) groups is 1. The second kappa shape index (κ2) is 11.1. The van der Waals surface area contributed by atoms with Crippen molar-refractivity contribution in [3.05, 3.63) is 86.8 Å². The number of hydrogen-bond donors (Lipinski definition) is 0. The van der Waals surface area contributed by atoms with E-state index in [1.54, 1.807) is 24.3 Å². The van der Waals surface area contributed by atoms with E-state index in [1.807, 2.05) is 52.7 Å². The zero-order valence-electron chi connectivity index (χ0n) is 20.3. The summed E-state index contributed by atoms with van der Waals surface area (Å²) in [4.78, 5) is 25.7. The van der Waals surface area contributed by atoms with Crippen LogP contribution < -0.4 is 0 Å². The summed E-state index contributed by atoms with van der Waals surface area (Å²) in [5.41, 5.74) is 2.63. The van der Waals surface area contributed by atoms with E-state index >= 15 is 0 Å². The molecule has 5 nitrogen and oxygen atoms in total. The summed E-state index contributed by atoms with van der Waals surface area (Å²) in [5.74, 6) is 1.12. The Labute approximate surface area is 239 Å². The van der Waals surface area contributed by atoms with Crippen LogP contribution >= 0.6 is 46.3 Å². The van der Waals surface area contributed by atoms with Gasteiger partial charge in [-0.05, 0) is 54.9 Å². The van der Waals surface area contributed by atoms with Crippen LogP contribution in [0.15, 0.2) is 80.4 Å². The summed E-state index contributed by atoms with van der Waals surface area (Å²) < 4.78 is 6.05. The number of carbonyl (C=O) groups is 1. The van der Waals surface area contributed by atoms with E-state index < -0.39 is 0 Å². The van der Waals surface area contributed by atoms with Gasteiger partial charge in [0, 0.05) is 33.6 Å². The van der Waals surface area contributed by atoms with E-state index in [-0.39, 0.29) is 11.9 Å². The Morgan fingerprint density at radius 1 is 1.03 bits per heavy atom. The van der Waals surface area contributed by atoms with Crippen LogP contribution in [0.1, 0.15) is 37.9 Å². The largest absolute Gasteiger partial charge is 0.457 e. The molecule has 1 amide bonds. The molecule has 38 heavy (non-hydrogen) atoms. The van der Waals surface area contributed by atoms with Gasteiger partial charge in [-0.15, -0.1) is 11.3 Å². The molecule has 6 rings (SSSR count). The molecule has 1 saturated heterocycles. The Hall–Kier alpha value is -2.84. The molecule has 2 fully saturated rings. The van der Waals surface area contributed by atoms with Gasteiger partial charge in [0.25, 0.3) is 5.91 Å². The first-order valence-corrected chi connectivity index (χ1v) is 14.9. The second-order valence-electron chi connectivity index (χ2n) is 9.18. The Kier molecular flexibility index (Phi) is 7.43. The third-order valence-electron chi connectivity index (χ3n) is 6.62. The van der Waals surface area contributed by atoms with Gasteiger partial charge >= 0.3 is 0 Å². The van der Waals surface area contributed by atoms with Crippen LogP contribution in [0.5, 0.6) is 0 Å². The smallest absolute Gasteiger partial charge is 0.267 e. The van der Waals surface area contributed by atoms with Crippen LogP contribution in [0.2, 0.25) is 10.0 Å². The van der Waals surface area contributed by atoms with E-state index in [1.165, 1.54) is 29.5 Å². The highest BCUT2D eigenvalue weighted by Gasteiger charge is 2.39. The first-order chi connectivity index (χ1) is 18.5. The third-order valence-corrected chi connectivity index (χ3v) is 8.91. The fraction of sp³-hybridized carbons (Fsp3) is 0.207. The number of furan rings is 1. The number of rotatable bonds is 5. The number of aromatic nitrogens is 1. The van der Waals surface area contributed by atoms with Crippen molar-refractivity contribution in [2.75, 3.05) is 0 Å². The fourth-order valence-corrected chi connectivity index (χ4v) is 6.91. The predicted molar refractivity (Wildman–Crippen MR) is 158 cm³/mol. The summed E-state index contributed by atoms with van der Waals surface area (Å²) >= 11 is 15.4. The van der Waals surface area contributed by atoms with E-state index in [4.69, 9.17) is 37.6 Å². The van der Waals surface area contributed by atoms with E-state index in [0.717, 1.165) is 36.9 Å². The maximum Gasteiger partial charge on any atom is 0.267 e. The van der Waals surface area contributed by atoms with Crippen LogP contribution in [-0.4, -0.2) is 27.0 Å². The average molecular weight is 581 g/mol. The minimum absolute atomic E-state index is 0.0424. The number of thioether (sulfide) groups is 1. The van der Waals surface area contributed by atoms with Gasteiger partial charge < -0.3 is 4.42 Å².